The van der Waals surface area contributed by atoms with Crippen molar-refractivity contribution in [2.45, 2.75) is 49.1 Å². The number of hydrogen-bond acceptors (Lipinski definition) is 4. The van der Waals surface area contributed by atoms with Gasteiger partial charge in [0, 0.05) is 42.6 Å². The molecule has 4 rings (SSSR count). The number of carbonyl (C=O) groups is 1. The third-order valence-electron chi connectivity index (χ3n) is 8.08. The summed E-state index contributed by atoms with van der Waals surface area (Å²) < 4.78 is 13.0. The number of nitrogens with one attached hydrogen (secondary N) is 1. The predicted octanol–water partition coefficient (Wildman–Crippen LogP) is 5.17. The summed E-state index contributed by atoms with van der Waals surface area (Å²) in [5.74, 6) is 0.704. The quantitative estimate of drug-likeness (QED) is 0.493. The van der Waals surface area contributed by atoms with Crippen LogP contribution in [0.15, 0.2) is 42.5 Å². The predicted molar refractivity (Wildman–Crippen MR) is 150 cm³/mol. The van der Waals surface area contributed by atoms with Gasteiger partial charge in [-0.05, 0) is 68.2 Å². The molecule has 0 bridgehead atoms. The topological polar surface area (TPSA) is 52.7 Å². The average Bonchev–Trinajstić information content (AvgIpc) is 3.14. The van der Waals surface area contributed by atoms with E-state index in [4.69, 9.17) is 23.2 Å². The maximum absolute atomic E-state index is 13.2. The maximum Gasteiger partial charge on any atom is 0.224 e. The highest BCUT2D eigenvalue weighted by Crippen LogP contribution is 2.46. The molecule has 2 aliphatic rings. The number of nitrogens with zero attached hydrogens (tertiary/aromatic N) is 2. The summed E-state index contributed by atoms with van der Waals surface area (Å²) in [5, 5.41) is 4.57. The fraction of sp³-hybridized carbons (Fsp3) is 0.536. The van der Waals surface area contributed by atoms with Crippen LogP contribution in [0.5, 0.6) is 0 Å². The number of piperidine rings is 1. The SMILES string of the molecule is CN[C@](CCN1CCC2(CC1)c1ccccc1CS2=O)(CN(C)C(=O)C(C)C)c1ccc(Cl)c(Cl)c1. The lowest BCUT2D eigenvalue weighted by Crippen LogP contribution is -2.53. The standard InChI is InChI=1S/C28H37Cl2N3O2S/c1-20(2)26(34)32(4)19-27(31-3,22-9-10-24(29)25(30)17-22)11-14-33-15-12-28(13-16-33)23-8-6-5-7-21(23)18-36(28)35/h5-10,17,20,31H,11-16,18-19H2,1-4H3/t27-,36?/m1/s1. The van der Waals surface area contributed by atoms with Crippen LogP contribution in [0, 0.1) is 5.92 Å². The molecule has 5 nitrogen and oxygen atoms in total. The summed E-state index contributed by atoms with van der Waals surface area (Å²) in [6.45, 7) is 7.04. The second-order valence-corrected chi connectivity index (χ2v) is 13.1. The fourth-order valence-corrected chi connectivity index (χ4v) is 8.05. The Labute approximate surface area is 228 Å². The number of halogens is 2. The summed E-state index contributed by atoms with van der Waals surface area (Å²) in [6, 6.07) is 14.2. The lowest BCUT2D eigenvalue weighted by Gasteiger charge is -2.42. The van der Waals surface area contributed by atoms with Gasteiger partial charge in [0.2, 0.25) is 5.91 Å². The van der Waals surface area contributed by atoms with E-state index in [1.807, 2.05) is 57.1 Å². The van der Waals surface area contributed by atoms with E-state index in [-0.39, 0.29) is 16.6 Å². The first kappa shape index (κ1) is 27.6. The highest BCUT2D eigenvalue weighted by molar-refractivity contribution is 7.85. The van der Waals surface area contributed by atoms with Crippen molar-refractivity contribution in [2.75, 3.05) is 40.3 Å². The molecule has 196 valence electrons. The van der Waals surface area contributed by atoms with Crippen LogP contribution < -0.4 is 5.32 Å². The normalized spacial score (nSPS) is 20.9. The van der Waals surface area contributed by atoms with Crippen molar-refractivity contribution in [1.82, 2.24) is 15.1 Å². The lowest BCUT2D eigenvalue weighted by atomic mass is 9.84. The molecule has 0 aliphatic carbocycles. The van der Waals surface area contributed by atoms with Crippen molar-refractivity contribution in [3.8, 4) is 0 Å². The van der Waals surface area contributed by atoms with Gasteiger partial charge in [-0.25, -0.2) is 0 Å². The van der Waals surface area contributed by atoms with Crippen molar-refractivity contribution in [3.05, 3.63) is 69.2 Å². The average molecular weight is 551 g/mol. The molecule has 0 saturated carbocycles. The molecule has 1 amide bonds. The molecule has 2 aliphatic heterocycles. The molecule has 1 spiro atoms. The minimum atomic E-state index is -0.865. The van der Waals surface area contributed by atoms with Gasteiger partial charge in [0.05, 0.1) is 20.3 Å². The molecular formula is C28H37Cl2N3O2S. The van der Waals surface area contributed by atoms with Crippen molar-refractivity contribution >= 4 is 39.9 Å². The zero-order valence-corrected chi connectivity index (χ0v) is 24.0. The summed E-state index contributed by atoms with van der Waals surface area (Å²) in [5.41, 5.74) is 3.07. The minimum absolute atomic E-state index is 0.0770. The van der Waals surface area contributed by atoms with Crippen LogP contribution in [0.4, 0.5) is 0 Å². The number of amides is 1. The molecule has 2 atom stereocenters. The monoisotopic (exact) mass is 549 g/mol. The third kappa shape index (κ3) is 5.25. The van der Waals surface area contributed by atoms with Crippen LogP contribution in [0.1, 0.15) is 49.8 Å². The number of fused-ring (bicyclic) bond motifs is 2. The first-order valence-electron chi connectivity index (χ1n) is 12.7. The van der Waals surface area contributed by atoms with Gasteiger partial charge in [-0.15, -0.1) is 0 Å². The summed E-state index contributed by atoms with van der Waals surface area (Å²) in [6.07, 6.45) is 2.60. The molecule has 1 unspecified atom stereocenters. The number of benzene rings is 2. The Morgan fingerprint density at radius 2 is 1.86 bits per heavy atom. The van der Waals surface area contributed by atoms with Crippen molar-refractivity contribution in [1.29, 1.82) is 0 Å². The molecule has 1 N–H and O–H groups in total. The highest BCUT2D eigenvalue weighted by Gasteiger charge is 2.47. The molecule has 2 heterocycles. The van der Waals surface area contributed by atoms with E-state index < -0.39 is 16.3 Å². The van der Waals surface area contributed by atoms with Gasteiger partial charge < -0.3 is 15.1 Å². The third-order valence-corrected chi connectivity index (χ3v) is 10.9. The Balaban J connectivity index is 1.52. The molecule has 0 radical (unpaired) electrons. The molecule has 0 aromatic heterocycles. The first-order chi connectivity index (χ1) is 17.1. The Morgan fingerprint density at radius 1 is 1.17 bits per heavy atom. The fourth-order valence-electron chi connectivity index (χ4n) is 5.86. The van der Waals surface area contributed by atoms with E-state index in [0.717, 1.165) is 44.5 Å². The van der Waals surface area contributed by atoms with E-state index in [1.165, 1.54) is 11.1 Å². The number of rotatable bonds is 8. The Morgan fingerprint density at radius 3 is 2.50 bits per heavy atom. The van der Waals surface area contributed by atoms with Gasteiger partial charge in [0.25, 0.3) is 0 Å². The van der Waals surface area contributed by atoms with Gasteiger partial charge in [-0.3, -0.25) is 9.00 Å². The van der Waals surface area contributed by atoms with E-state index in [1.54, 1.807) is 0 Å². The molecule has 2 aromatic carbocycles. The highest BCUT2D eigenvalue weighted by atomic mass is 35.5. The molecule has 2 aromatic rings. The molecule has 8 heteroatoms. The summed E-state index contributed by atoms with van der Waals surface area (Å²) in [4.78, 5) is 17.1. The molecule has 1 fully saturated rings. The van der Waals surface area contributed by atoms with E-state index in [2.05, 4.69) is 28.4 Å². The van der Waals surface area contributed by atoms with E-state index in [9.17, 15) is 9.00 Å². The van der Waals surface area contributed by atoms with Crippen LogP contribution in [0.25, 0.3) is 0 Å². The van der Waals surface area contributed by atoms with Crippen molar-refractivity contribution in [3.63, 3.8) is 0 Å². The largest absolute Gasteiger partial charge is 0.343 e. The van der Waals surface area contributed by atoms with Crippen LogP contribution in [-0.4, -0.2) is 60.2 Å². The lowest BCUT2D eigenvalue weighted by molar-refractivity contribution is -0.134. The summed E-state index contributed by atoms with van der Waals surface area (Å²) >= 11 is 12.6. The van der Waals surface area contributed by atoms with Gasteiger partial charge in [0.1, 0.15) is 0 Å². The number of likely N-dealkylation sites (tertiary alicyclic amines) is 1. The number of likely N-dealkylation sites (N-methyl/N-ethyl adjacent to an activating group) is 2. The second-order valence-electron chi connectivity index (χ2n) is 10.5. The summed E-state index contributed by atoms with van der Waals surface area (Å²) in [7, 11) is 2.94. The minimum Gasteiger partial charge on any atom is -0.343 e. The smallest absolute Gasteiger partial charge is 0.224 e. The van der Waals surface area contributed by atoms with Crippen molar-refractivity contribution < 1.29 is 9.00 Å². The van der Waals surface area contributed by atoms with Gasteiger partial charge in [-0.2, -0.15) is 0 Å². The van der Waals surface area contributed by atoms with Gasteiger partial charge in [-0.1, -0.05) is 67.4 Å². The molecular weight excluding hydrogens is 513 g/mol. The molecule has 1 saturated heterocycles. The Hall–Kier alpha value is -1.44. The zero-order valence-electron chi connectivity index (χ0n) is 21.7. The van der Waals surface area contributed by atoms with E-state index >= 15 is 0 Å². The van der Waals surface area contributed by atoms with Crippen LogP contribution in [0.3, 0.4) is 0 Å². The van der Waals surface area contributed by atoms with Crippen LogP contribution >= 0.6 is 23.2 Å². The Kier molecular flexibility index (Phi) is 8.52. The Bertz CT molecular complexity index is 1130. The van der Waals surface area contributed by atoms with Gasteiger partial charge in [0.15, 0.2) is 0 Å². The van der Waals surface area contributed by atoms with Crippen LogP contribution in [0.2, 0.25) is 10.0 Å². The first-order valence-corrected chi connectivity index (χ1v) is 14.8. The van der Waals surface area contributed by atoms with Gasteiger partial charge >= 0.3 is 0 Å². The van der Waals surface area contributed by atoms with Crippen molar-refractivity contribution in [2.24, 2.45) is 5.92 Å². The van der Waals surface area contributed by atoms with Crippen LogP contribution in [-0.2, 0) is 31.6 Å². The number of hydrogen-bond donors (Lipinski definition) is 1. The number of carbonyl (C=O) groups excluding carboxylic acids is 1. The maximum atomic E-state index is 13.2. The zero-order chi connectivity index (χ0) is 26.1. The second kappa shape index (κ2) is 11.1. The molecule has 36 heavy (non-hydrogen) atoms. The van der Waals surface area contributed by atoms with E-state index in [0.29, 0.717) is 22.3 Å².